The van der Waals surface area contributed by atoms with Crippen LogP contribution in [0.4, 0.5) is 11.4 Å². The number of carbonyl (C=O) groups excluding carboxylic acids is 3. The predicted molar refractivity (Wildman–Crippen MR) is 117 cm³/mol. The first-order valence-corrected chi connectivity index (χ1v) is 9.43. The number of nitrogens with zero attached hydrogens (tertiary/aromatic N) is 1. The summed E-state index contributed by atoms with van der Waals surface area (Å²) in [6.07, 6.45) is 2.90. The highest BCUT2D eigenvalue weighted by Gasteiger charge is 2.20. The molecule has 0 saturated heterocycles. The van der Waals surface area contributed by atoms with Crippen LogP contribution in [-0.4, -0.2) is 22.6 Å². The lowest BCUT2D eigenvalue weighted by Gasteiger charge is -2.11. The second-order valence-electron chi connectivity index (χ2n) is 6.35. The number of pyridine rings is 1. The third-order valence-electron chi connectivity index (χ3n) is 4.16. The molecule has 0 atom stereocenters. The first-order chi connectivity index (χ1) is 14.4. The van der Waals surface area contributed by atoms with Crippen molar-refractivity contribution in [3.63, 3.8) is 0 Å². The van der Waals surface area contributed by atoms with Gasteiger partial charge in [-0.3, -0.25) is 14.4 Å². The lowest BCUT2D eigenvalue weighted by molar-refractivity contribution is -0.118. The molecule has 6 nitrogen and oxygen atoms in total. The Morgan fingerprint density at radius 2 is 1.43 bits per heavy atom. The number of nitrogens with one attached hydrogen (secondary N) is 2. The Hall–Kier alpha value is -3.77. The maximum atomic E-state index is 12.9. The van der Waals surface area contributed by atoms with Crippen molar-refractivity contribution < 1.29 is 14.4 Å². The molecule has 1 aromatic heterocycles. The SMILES string of the molecule is CC(=O)c1ccc(NC(=O)/C(=C/c2cccnc2Cl)C(=O)Nc2ccccc2)cc1. The van der Waals surface area contributed by atoms with Gasteiger partial charge in [0.2, 0.25) is 0 Å². The average Bonchev–Trinajstić information content (AvgIpc) is 2.74. The third kappa shape index (κ3) is 5.40. The van der Waals surface area contributed by atoms with E-state index in [0.29, 0.717) is 22.5 Å². The molecule has 3 rings (SSSR count). The molecule has 0 aliphatic rings. The molecule has 0 spiro atoms. The Kier molecular flexibility index (Phi) is 6.72. The van der Waals surface area contributed by atoms with Crippen LogP contribution >= 0.6 is 11.6 Å². The molecule has 0 bridgehead atoms. The molecule has 7 heteroatoms. The van der Waals surface area contributed by atoms with E-state index in [4.69, 9.17) is 11.6 Å². The van der Waals surface area contributed by atoms with Crippen molar-refractivity contribution in [3.05, 3.63) is 94.8 Å². The molecular weight excluding hydrogens is 402 g/mol. The Balaban J connectivity index is 1.89. The minimum absolute atomic E-state index is 0.0816. The quantitative estimate of drug-likeness (QED) is 0.201. The number of hydrogen-bond donors (Lipinski definition) is 2. The Morgan fingerprint density at radius 1 is 0.833 bits per heavy atom. The van der Waals surface area contributed by atoms with Gasteiger partial charge in [0.05, 0.1) is 0 Å². The number of para-hydroxylation sites is 1. The van der Waals surface area contributed by atoms with Gasteiger partial charge in [0, 0.05) is 28.7 Å². The largest absolute Gasteiger partial charge is 0.322 e. The van der Waals surface area contributed by atoms with E-state index in [1.165, 1.54) is 19.2 Å². The monoisotopic (exact) mass is 419 g/mol. The number of aromatic nitrogens is 1. The number of benzene rings is 2. The van der Waals surface area contributed by atoms with Gasteiger partial charge < -0.3 is 10.6 Å². The zero-order valence-corrected chi connectivity index (χ0v) is 16.8. The van der Waals surface area contributed by atoms with Crippen molar-refractivity contribution in [1.82, 2.24) is 4.98 Å². The van der Waals surface area contributed by atoms with Crippen molar-refractivity contribution in [3.8, 4) is 0 Å². The number of halogens is 1. The van der Waals surface area contributed by atoms with E-state index in [9.17, 15) is 14.4 Å². The van der Waals surface area contributed by atoms with Crippen LogP contribution in [0.2, 0.25) is 5.15 Å². The first kappa shape index (κ1) is 21.0. The third-order valence-corrected chi connectivity index (χ3v) is 4.47. The van der Waals surface area contributed by atoms with E-state index in [2.05, 4.69) is 15.6 Å². The van der Waals surface area contributed by atoms with Gasteiger partial charge in [-0.2, -0.15) is 0 Å². The summed E-state index contributed by atoms with van der Waals surface area (Å²) in [5, 5.41) is 5.54. The van der Waals surface area contributed by atoms with Crippen molar-refractivity contribution in [2.24, 2.45) is 0 Å². The minimum atomic E-state index is -0.626. The van der Waals surface area contributed by atoms with Gasteiger partial charge in [0.25, 0.3) is 11.8 Å². The van der Waals surface area contributed by atoms with Gasteiger partial charge in [0.1, 0.15) is 10.7 Å². The fourth-order valence-corrected chi connectivity index (χ4v) is 2.78. The second-order valence-corrected chi connectivity index (χ2v) is 6.71. The molecule has 0 aliphatic heterocycles. The molecule has 3 aromatic rings. The van der Waals surface area contributed by atoms with E-state index >= 15 is 0 Å². The van der Waals surface area contributed by atoms with Crippen LogP contribution in [0.25, 0.3) is 6.08 Å². The molecule has 0 saturated carbocycles. The molecule has 2 aromatic carbocycles. The van der Waals surface area contributed by atoms with E-state index < -0.39 is 11.8 Å². The molecular formula is C23H18ClN3O3. The second kappa shape index (κ2) is 9.62. The summed E-state index contributed by atoms with van der Waals surface area (Å²) in [7, 11) is 0. The van der Waals surface area contributed by atoms with E-state index in [1.54, 1.807) is 60.7 Å². The summed E-state index contributed by atoms with van der Waals surface area (Å²) in [6.45, 7) is 1.46. The highest BCUT2D eigenvalue weighted by atomic mass is 35.5. The Labute approximate surface area is 178 Å². The van der Waals surface area contributed by atoms with Crippen molar-refractivity contribution in [2.45, 2.75) is 6.92 Å². The van der Waals surface area contributed by atoms with Crippen LogP contribution < -0.4 is 10.6 Å². The maximum Gasteiger partial charge on any atom is 0.261 e. The maximum absolute atomic E-state index is 12.9. The van der Waals surface area contributed by atoms with Gasteiger partial charge in [0.15, 0.2) is 5.78 Å². The van der Waals surface area contributed by atoms with Crippen LogP contribution in [0.15, 0.2) is 78.5 Å². The van der Waals surface area contributed by atoms with Crippen molar-refractivity contribution in [1.29, 1.82) is 0 Å². The zero-order valence-electron chi connectivity index (χ0n) is 16.1. The minimum Gasteiger partial charge on any atom is -0.322 e. The number of carbonyl (C=O) groups is 3. The Bertz CT molecular complexity index is 1110. The molecule has 0 fully saturated rings. The highest BCUT2D eigenvalue weighted by molar-refractivity contribution is 6.32. The fourth-order valence-electron chi connectivity index (χ4n) is 2.60. The van der Waals surface area contributed by atoms with Gasteiger partial charge >= 0.3 is 0 Å². The lowest BCUT2D eigenvalue weighted by Crippen LogP contribution is -2.25. The number of ketones is 1. The summed E-state index contributed by atoms with van der Waals surface area (Å²) in [4.78, 5) is 41.2. The normalized spacial score (nSPS) is 10.9. The number of hydrogen-bond acceptors (Lipinski definition) is 4. The molecule has 2 N–H and O–H groups in total. The number of anilines is 2. The molecule has 2 amide bonds. The molecule has 1 heterocycles. The van der Waals surface area contributed by atoms with Gasteiger partial charge in [-0.15, -0.1) is 0 Å². The van der Waals surface area contributed by atoms with Crippen LogP contribution in [0.5, 0.6) is 0 Å². The first-order valence-electron chi connectivity index (χ1n) is 9.05. The molecule has 0 unspecified atom stereocenters. The number of rotatable bonds is 6. The van der Waals surface area contributed by atoms with Crippen molar-refractivity contribution >= 4 is 46.6 Å². The molecule has 150 valence electrons. The van der Waals surface area contributed by atoms with Crippen LogP contribution in [0.3, 0.4) is 0 Å². The van der Waals surface area contributed by atoms with Crippen molar-refractivity contribution in [2.75, 3.05) is 10.6 Å². The zero-order chi connectivity index (χ0) is 21.5. The average molecular weight is 420 g/mol. The van der Waals surface area contributed by atoms with E-state index in [1.807, 2.05) is 6.07 Å². The standard InChI is InChI=1S/C23H18ClN3O3/c1-15(28)16-9-11-19(12-10-16)27-23(30)20(14-17-6-5-13-25-21(17)24)22(29)26-18-7-3-2-4-8-18/h2-14H,1H3,(H,26,29)(H,27,30)/b20-14+. The highest BCUT2D eigenvalue weighted by Crippen LogP contribution is 2.19. The predicted octanol–water partition coefficient (Wildman–Crippen LogP) is 4.60. The summed E-state index contributed by atoms with van der Waals surface area (Å²) in [5.74, 6) is -1.31. The topological polar surface area (TPSA) is 88.2 Å². The fraction of sp³-hybridized carbons (Fsp3) is 0.0435. The number of amides is 2. The summed E-state index contributed by atoms with van der Waals surface area (Å²) >= 11 is 6.09. The van der Waals surface area contributed by atoms with Gasteiger partial charge in [-0.05, 0) is 55.5 Å². The lowest BCUT2D eigenvalue weighted by atomic mass is 10.1. The summed E-state index contributed by atoms with van der Waals surface area (Å²) < 4.78 is 0. The van der Waals surface area contributed by atoms with Crippen LogP contribution in [0.1, 0.15) is 22.8 Å². The van der Waals surface area contributed by atoms with Gasteiger partial charge in [-0.1, -0.05) is 35.9 Å². The Morgan fingerprint density at radius 3 is 2.00 bits per heavy atom. The molecule has 0 radical (unpaired) electrons. The summed E-state index contributed by atoms with van der Waals surface area (Å²) in [5.41, 5.74) is 1.79. The molecule has 30 heavy (non-hydrogen) atoms. The smallest absolute Gasteiger partial charge is 0.261 e. The summed E-state index contributed by atoms with van der Waals surface area (Å²) in [6, 6.07) is 18.5. The molecule has 0 aliphatic carbocycles. The number of Topliss-reactive ketones (excluding diaryl/α,β-unsaturated/α-hetero) is 1. The van der Waals surface area contributed by atoms with E-state index in [0.717, 1.165) is 0 Å². The van der Waals surface area contributed by atoms with E-state index in [-0.39, 0.29) is 16.5 Å². The van der Waals surface area contributed by atoms with Gasteiger partial charge in [-0.25, -0.2) is 4.98 Å². The van der Waals surface area contributed by atoms with Crippen LogP contribution in [-0.2, 0) is 9.59 Å². The van der Waals surface area contributed by atoms with Crippen LogP contribution in [0, 0.1) is 0 Å².